The molecule has 0 atom stereocenters. The minimum atomic E-state index is 1.18. The molecule has 0 radical (unpaired) electrons. The highest BCUT2D eigenvalue weighted by Gasteiger charge is 2.38. The van der Waals surface area contributed by atoms with Gasteiger partial charge in [-0.1, -0.05) is 13.8 Å². The number of fused-ring (bicyclic) bond motifs is 1. The van der Waals surface area contributed by atoms with Gasteiger partial charge in [0.25, 0.3) is 0 Å². The quantitative estimate of drug-likeness (QED) is 0.738. The van der Waals surface area contributed by atoms with E-state index < -0.39 is 0 Å². The molecule has 0 saturated carbocycles. The average Bonchev–Trinajstić information content (AvgIpc) is 2.78. The van der Waals surface area contributed by atoms with Crippen molar-refractivity contribution in [2.75, 3.05) is 33.2 Å². The van der Waals surface area contributed by atoms with E-state index in [-0.39, 0.29) is 0 Å². The lowest BCUT2D eigenvalue weighted by Crippen LogP contribution is -2.55. The summed E-state index contributed by atoms with van der Waals surface area (Å²) in [6, 6.07) is 5.03. The second kappa shape index (κ2) is 4.92. The van der Waals surface area contributed by atoms with Gasteiger partial charge in [0.15, 0.2) is 0 Å². The third kappa shape index (κ3) is 2.32. The van der Waals surface area contributed by atoms with E-state index in [0.29, 0.717) is 0 Å². The minimum Gasteiger partial charge on any atom is -0.314 e. The smallest absolute Gasteiger partial charge is 0.105 e. The van der Waals surface area contributed by atoms with Crippen molar-refractivity contribution < 1.29 is 4.48 Å². The van der Waals surface area contributed by atoms with Crippen molar-refractivity contribution in [3.05, 3.63) is 34.4 Å². The summed E-state index contributed by atoms with van der Waals surface area (Å²) in [5, 5.41) is 0. The molecule has 1 aromatic carbocycles. The lowest BCUT2D eigenvalue weighted by molar-refractivity contribution is -0.950. The van der Waals surface area contributed by atoms with Crippen molar-refractivity contribution in [1.29, 1.82) is 0 Å². The van der Waals surface area contributed by atoms with Crippen molar-refractivity contribution in [3.8, 4) is 0 Å². The zero-order valence-electron chi connectivity index (χ0n) is 12.7. The van der Waals surface area contributed by atoms with Gasteiger partial charge in [-0.25, -0.2) is 0 Å². The summed E-state index contributed by atoms with van der Waals surface area (Å²) in [5.41, 5.74) is 6.43. The van der Waals surface area contributed by atoms with Crippen molar-refractivity contribution in [2.24, 2.45) is 0 Å². The van der Waals surface area contributed by atoms with Gasteiger partial charge in [-0.2, -0.15) is 0 Å². The van der Waals surface area contributed by atoms with E-state index in [1.54, 1.807) is 22.3 Å². The van der Waals surface area contributed by atoms with E-state index in [4.69, 9.17) is 0 Å². The second-order valence-corrected chi connectivity index (χ2v) is 6.51. The number of hydrogen-bond acceptors (Lipinski definition) is 1. The highest BCUT2D eigenvalue weighted by atomic mass is 15.4. The van der Waals surface area contributed by atoms with Crippen LogP contribution in [0.4, 0.5) is 0 Å². The van der Waals surface area contributed by atoms with Gasteiger partial charge in [-0.3, -0.25) is 4.90 Å². The van der Waals surface area contributed by atoms with Crippen LogP contribution in [-0.4, -0.2) is 42.6 Å². The molecule has 0 amide bonds. The van der Waals surface area contributed by atoms with Crippen molar-refractivity contribution >= 4 is 0 Å². The summed E-state index contributed by atoms with van der Waals surface area (Å²) in [4.78, 5) is 2.47. The standard InChI is InChI=1S/C17H27N2/c1-4-14-10-16-12-19(8-6-18(3)7-9-19)13-17(16)11-15(14)5-2/h10-11H,4-9,12-13H2,1-3H3/q+1. The summed E-state index contributed by atoms with van der Waals surface area (Å²) >= 11 is 0. The molecule has 1 aromatic rings. The number of rotatable bonds is 2. The topological polar surface area (TPSA) is 3.24 Å². The van der Waals surface area contributed by atoms with E-state index in [2.05, 4.69) is 37.9 Å². The lowest BCUT2D eigenvalue weighted by atomic mass is 9.97. The monoisotopic (exact) mass is 259 g/mol. The molecule has 2 nitrogen and oxygen atoms in total. The number of likely N-dealkylation sites (N-methyl/N-ethyl adjacent to an activating group) is 1. The van der Waals surface area contributed by atoms with Crippen LogP contribution in [-0.2, 0) is 25.9 Å². The molecule has 2 aliphatic heterocycles. The average molecular weight is 259 g/mol. The molecular formula is C17H27N2+. The Hall–Kier alpha value is -0.860. The zero-order valence-corrected chi connectivity index (χ0v) is 12.7. The first-order chi connectivity index (χ1) is 9.15. The molecule has 0 bridgehead atoms. The Bertz CT molecular complexity index is 435. The van der Waals surface area contributed by atoms with Crippen LogP contribution < -0.4 is 0 Å². The summed E-state index contributed by atoms with van der Waals surface area (Å²) < 4.78 is 1.32. The molecule has 1 spiro atoms. The molecule has 0 aromatic heterocycles. The molecule has 1 saturated heterocycles. The number of hydrogen-bond donors (Lipinski definition) is 0. The molecule has 104 valence electrons. The van der Waals surface area contributed by atoms with Gasteiger partial charge in [-0.05, 0) is 43.1 Å². The highest BCUT2D eigenvalue weighted by Crippen LogP contribution is 2.33. The second-order valence-electron chi connectivity index (χ2n) is 6.51. The molecule has 2 heterocycles. The van der Waals surface area contributed by atoms with Gasteiger partial charge in [0.05, 0.1) is 13.1 Å². The van der Waals surface area contributed by atoms with Gasteiger partial charge in [0.2, 0.25) is 0 Å². The van der Waals surface area contributed by atoms with E-state index >= 15 is 0 Å². The number of piperazine rings is 1. The largest absolute Gasteiger partial charge is 0.314 e. The predicted molar refractivity (Wildman–Crippen MR) is 80.1 cm³/mol. The molecule has 2 heteroatoms. The summed E-state index contributed by atoms with van der Waals surface area (Å²) in [5.74, 6) is 0. The molecule has 3 rings (SSSR count). The third-order valence-corrected chi connectivity index (χ3v) is 5.21. The van der Waals surface area contributed by atoms with Crippen molar-refractivity contribution in [2.45, 2.75) is 39.8 Å². The summed E-state index contributed by atoms with van der Waals surface area (Å²) in [7, 11) is 2.25. The number of quaternary nitrogens is 1. The zero-order chi connectivity index (χ0) is 13.5. The van der Waals surface area contributed by atoms with Crippen LogP contribution in [0.25, 0.3) is 0 Å². The fraction of sp³-hybridized carbons (Fsp3) is 0.647. The molecule has 1 fully saturated rings. The van der Waals surface area contributed by atoms with Crippen LogP contribution in [0.2, 0.25) is 0 Å². The molecule has 0 unspecified atom stereocenters. The third-order valence-electron chi connectivity index (χ3n) is 5.21. The summed E-state index contributed by atoms with van der Waals surface area (Å²) in [6.07, 6.45) is 2.36. The fourth-order valence-corrected chi connectivity index (χ4v) is 3.83. The fourth-order valence-electron chi connectivity index (χ4n) is 3.83. The Labute approximate surface area is 117 Å². The van der Waals surface area contributed by atoms with Crippen LogP contribution >= 0.6 is 0 Å². The van der Waals surface area contributed by atoms with Gasteiger partial charge in [-0.15, -0.1) is 0 Å². The summed E-state index contributed by atoms with van der Waals surface area (Å²) in [6.45, 7) is 12.3. The van der Waals surface area contributed by atoms with Gasteiger partial charge in [0.1, 0.15) is 13.1 Å². The maximum atomic E-state index is 2.51. The molecule has 2 aliphatic rings. The van der Waals surface area contributed by atoms with E-state index in [0.717, 1.165) is 0 Å². The van der Waals surface area contributed by atoms with Crippen molar-refractivity contribution in [1.82, 2.24) is 4.90 Å². The Morgan fingerprint density at radius 1 is 0.947 bits per heavy atom. The van der Waals surface area contributed by atoms with E-state index in [1.807, 2.05) is 0 Å². The number of benzene rings is 1. The number of aryl methyl sites for hydroxylation is 2. The Morgan fingerprint density at radius 2 is 1.42 bits per heavy atom. The molecule has 0 aliphatic carbocycles. The molecular weight excluding hydrogens is 232 g/mol. The first kappa shape index (κ1) is 13.1. The van der Waals surface area contributed by atoms with Crippen LogP contribution in [0.15, 0.2) is 12.1 Å². The Kier molecular flexibility index (Phi) is 3.40. The maximum Gasteiger partial charge on any atom is 0.105 e. The maximum absolute atomic E-state index is 2.51. The number of nitrogens with zero attached hydrogens (tertiary/aromatic N) is 2. The van der Waals surface area contributed by atoms with E-state index in [1.165, 1.54) is 56.6 Å². The predicted octanol–water partition coefficient (Wildman–Crippen LogP) is 2.59. The first-order valence-corrected chi connectivity index (χ1v) is 7.83. The normalized spacial score (nSPS) is 21.8. The lowest BCUT2D eigenvalue weighted by Gasteiger charge is -2.40. The Morgan fingerprint density at radius 3 is 1.84 bits per heavy atom. The SMILES string of the molecule is CCc1cc2c(cc1CC)C[N+]1(CCN(C)CC1)C2. The van der Waals surface area contributed by atoms with Crippen molar-refractivity contribution in [3.63, 3.8) is 0 Å². The minimum absolute atomic E-state index is 1.18. The molecule has 19 heavy (non-hydrogen) atoms. The van der Waals surface area contributed by atoms with Crippen LogP contribution in [0.1, 0.15) is 36.1 Å². The van der Waals surface area contributed by atoms with Gasteiger partial charge >= 0.3 is 0 Å². The first-order valence-electron chi connectivity index (χ1n) is 7.83. The van der Waals surface area contributed by atoms with Gasteiger partial charge in [0, 0.05) is 24.2 Å². The van der Waals surface area contributed by atoms with E-state index in [9.17, 15) is 0 Å². The van der Waals surface area contributed by atoms with Crippen LogP contribution in [0, 0.1) is 0 Å². The van der Waals surface area contributed by atoms with Crippen LogP contribution in [0.5, 0.6) is 0 Å². The van der Waals surface area contributed by atoms with Gasteiger partial charge < -0.3 is 4.48 Å². The van der Waals surface area contributed by atoms with Crippen LogP contribution in [0.3, 0.4) is 0 Å². The highest BCUT2D eigenvalue weighted by molar-refractivity contribution is 5.39. The molecule has 0 N–H and O–H groups in total. The Balaban J connectivity index is 1.87.